The van der Waals surface area contributed by atoms with Gasteiger partial charge in [0.15, 0.2) is 0 Å². The Morgan fingerprint density at radius 2 is 2.18 bits per heavy atom. The molecule has 0 amide bonds. The summed E-state index contributed by atoms with van der Waals surface area (Å²) in [5, 5.41) is 8.13. The Morgan fingerprint density at radius 1 is 1.41 bits per heavy atom. The molecule has 2 nitrogen and oxygen atoms in total. The van der Waals surface area contributed by atoms with Gasteiger partial charge in [-0.2, -0.15) is 0 Å². The van der Waals surface area contributed by atoms with E-state index in [1.54, 1.807) is 0 Å². The van der Waals surface area contributed by atoms with Crippen molar-refractivity contribution in [1.29, 1.82) is 5.41 Å². The third-order valence-corrected chi connectivity index (χ3v) is 4.24. The molecule has 1 N–H and O–H groups in total. The van der Waals surface area contributed by atoms with E-state index in [9.17, 15) is 4.39 Å². The number of nitrogens with zero attached hydrogens (tertiary/aromatic N) is 1. The van der Waals surface area contributed by atoms with Gasteiger partial charge in [-0.1, -0.05) is 13.0 Å². The fourth-order valence-electron chi connectivity index (χ4n) is 2.70. The van der Waals surface area contributed by atoms with E-state index >= 15 is 0 Å². The van der Waals surface area contributed by atoms with Gasteiger partial charge in [-0.25, -0.2) is 4.39 Å². The predicted octanol–water partition coefficient (Wildman–Crippen LogP) is 3.16. The third kappa shape index (κ3) is 1.74. The molecule has 1 saturated carbocycles. The van der Waals surface area contributed by atoms with E-state index in [0.717, 1.165) is 24.2 Å². The molecule has 1 aromatic rings. The molecule has 90 valence electrons. The highest BCUT2D eigenvalue weighted by atomic mass is 19.1. The summed E-state index contributed by atoms with van der Waals surface area (Å²) in [5.41, 5.74) is 2.30. The van der Waals surface area contributed by atoms with Gasteiger partial charge in [-0.05, 0) is 42.4 Å². The maximum absolute atomic E-state index is 13.2. The molecule has 1 heterocycles. The van der Waals surface area contributed by atoms with Gasteiger partial charge < -0.3 is 4.90 Å². The molecular formula is C14H17FN2. The number of nitrogens with one attached hydrogen (secondary N) is 1. The summed E-state index contributed by atoms with van der Waals surface area (Å²) in [6, 6.07) is 4.79. The van der Waals surface area contributed by atoms with Crippen LogP contribution in [0.3, 0.4) is 0 Å². The van der Waals surface area contributed by atoms with Crippen molar-refractivity contribution in [1.82, 2.24) is 4.90 Å². The highest BCUT2D eigenvalue weighted by Gasteiger charge is 2.43. The lowest BCUT2D eigenvalue weighted by atomic mass is 10.0. The van der Waals surface area contributed by atoms with Gasteiger partial charge in [-0.3, -0.25) is 5.41 Å². The summed E-state index contributed by atoms with van der Waals surface area (Å²) in [6.45, 7) is 3.95. The predicted molar refractivity (Wildman–Crippen MR) is 65.6 cm³/mol. The first-order chi connectivity index (χ1) is 8.13. The minimum Gasteiger partial charge on any atom is -0.352 e. The molecule has 1 aliphatic carbocycles. The fourth-order valence-corrected chi connectivity index (χ4v) is 2.70. The number of rotatable bonds is 3. The van der Waals surface area contributed by atoms with Crippen LogP contribution < -0.4 is 0 Å². The minimum absolute atomic E-state index is 0.244. The van der Waals surface area contributed by atoms with E-state index in [-0.39, 0.29) is 5.82 Å². The second-order valence-corrected chi connectivity index (χ2v) is 5.36. The summed E-state index contributed by atoms with van der Waals surface area (Å²) < 4.78 is 13.2. The van der Waals surface area contributed by atoms with Crippen molar-refractivity contribution < 1.29 is 4.39 Å². The number of amidine groups is 1. The molecule has 2 aliphatic rings. The molecule has 0 radical (unpaired) electrons. The third-order valence-electron chi connectivity index (χ3n) is 4.24. The van der Waals surface area contributed by atoms with E-state index in [2.05, 4.69) is 11.8 Å². The largest absolute Gasteiger partial charge is 0.352 e. The summed E-state index contributed by atoms with van der Waals surface area (Å²) in [6.07, 6.45) is 3.73. The van der Waals surface area contributed by atoms with Crippen LogP contribution in [0.2, 0.25) is 0 Å². The van der Waals surface area contributed by atoms with Crippen LogP contribution in [0.15, 0.2) is 18.2 Å². The molecule has 0 saturated heterocycles. The lowest BCUT2D eigenvalue weighted by Crippen LogP contribution is -2.30. The first-order valence-corrected chi connectivity index (χ1v) is 6.26. The van der Waals surface area contributed by atoms with Crippen LogP contribution >= 0.6 is 0 Å². The Kier molecular flexibility index (Phi) is 2.25. The van der Waals surface area contributed by atoms with E-state index in [1.165, 1.54) is 31.4 Å². The van der Waals surface area contributed by atoms with Crippen LogP contribution in [-0.2, 0) is 6.54 Å². The van der Waals surface area contributed by atoms with Crippen molar-refractivity contribution >= 4 is 5.84 Å². The fraction of sp³-hybridized carbons (Fsp3) is 0.500. The highest BCUT2D eigenvalue weighted by Crippen LogP contribution is 2.49. The Labute approximate surface area is 101 Å². The maximum Gasteiger partial charge on any atom is 0.128 e. The zero-order chi connectivity index (χ0) is 12.0. The minimum atomic E-state index is -0.244. The summed E-state index contributed by atoms with van der Waals surface area (Å²) in [4.78, 5) is 2.10. The van der Waals surface area contributed by atoms with Crippen LogP contribution in [-0.4, -0.2) is 17.3 Å². The second-order valence-electron chi connectivity index (χ2n) is 5.36. The van der Waals surface area contributed by atoms with E-state index < -0.39 is 0 Å². The highest BCUT2D eigenvalue weighted by molar-refractivity contribution is 6.00. The lowest BCUT2D eigenvalue weighted by molar-refractivity contribution is 0.317. The van der Waals surface area contributed by atoms with Gasteiger partial charge in [0.1, 0.15) is 11.7 Å². The molecule has 1 fully saturated rings. The van der Waals surface area contributed by atoms with Crippen molar-refractivity contribution in [3.63, 3.8) is 0 Å². The first kappa shape index (κ1) is 10.8. The molecule has 0 bridgehead atoms. The zero-order valence-electron chi connectivity index (χ0n) is 10.1. The molecule has 0 spiro atoms. The van der Waals surface area contributed by atoms with Crippen LogP contribution in [0.4, 0.5) is 4.39 Å². The number of hydrogen-bond donors (Lipinski definition) is 1. The summed E-state index contributed by atoms with van der Waals surface area (Å²) in [7, 11) is 0. The van der Waals surface area contributed by atoms with E-state index in [4.69, 9.17) is 5.41 Å². The van der Waals surface area contributed by atoms with Gasteiger partial charge >= 0.3 is 0 Å². The van der Waals surface area contributed by atoms with Crippen molar-refractivity contribution in [3.8, 4) is 0 Å². The summed E-state index contributed by atoms with van der Waals surface area (Å²) in [5.74, 6) is 0.256. The van der Waals surface area contributed by atoms with Gasteiger partial charge in [0.25, 0.3) is 0 Å². The molecule has 0 aromatic heterocycles. The van der Waals surface area contributed by atoms with Gasteiger partial charge in [-0.15, -0.1) is 0 Å². The molecule has 3 heteroatoms. The van der Waals surface area contributed by atoms with Crippen LogP contribution in [0.25, 0.3) is 0 Å². The van der Waals surface area contributed by atoms with Crippen LogP contribution in [0.1, 0.15) is 37.3 Å². The Morgan fingerprint density at radius 3 is 2.82 bits per heavy atom. The van der Waals surface area contributed by atoms with E-state index in [0.29, 0.717) is 11.3 Å². The van der Waals surface area contributed by atoms with Gasteiger partial charge in [0, 0.05) is 18.7 Å². The van der Waals surface area contributed by atoms with Crippen molar-refractivity contribution in [2.75, 3.05) is 6.54 Å². The lowest BCUT2D eigenvalue weighted by Gasteiger charge is -2.23. The number of fused-ring (bicyclic) bond motifs is 1. The molecule has 1 aromatic carbocycles. The molecule has 17 heavy (non-hydrogen) atoms. The smallest absolute Gasteiger partial charge is 0.128 e. The standard InChI is InChI=1S/C14H17FN2/c1-2-14(5-6-14)9-17-8-10-3-4-11(15)7-12(10)13(17)16/h3-4,7,16H,2,5-6,8-9H2,1H3. The van der Waals surface area contributed by atoms with Crippen LogP contribution in [0, 0.1) is 16.6 Å². The van der Waals surface area contributed by atoms with E-state index in [1.807, 2.05) is 6.07 Å². The average molecular weight is 232 g/mol. The maximum atomic E-state index is 13.2. The van der Waals surface area contributed by atoms with Crippen molar-refractivity contribution in [3.05, 3.63) is 35.1 Å². The Balaban J connectivity index is 1.82. The Hall–Kier alpha value is -1.38. The molecular weight excluding hydrogens is 215 g/mol. The normalized spacial score (nSPS) is 20.6. The number of halogens is 1. The topological polar surface area (TPSA) is 27.1 Å². The van der Waals surface area contributed by atoms with Gasteiger partial charge in [0.05, 0.1) is 0 Å². The quantitative estimate of drug-likeness (QED) is 0.851. The van der Waals surface area contributed by atoms with Gasteiger partial charge in [0.2, 0.25) is 0 Å². The molecule has 0 unspecified atom stereocenters. The van der Waals surface area contributed by atoms with Crippen LogP contribution in [0.5, 0.6) is 0 Å². The first-order valence-electron chi connectivity index (χ1n) is 6.26. The monoisotopic (exact) mass is 232 g/mol. The van der Waals surface area contributed by atoms with Crippen molar-refractivity contribution in [2.24, 2.45) is 5.41 Å². The zero-order valence-corrected chi connectivity index (χ0v) is 10.1. The molecule has 0 atom stereocenters. The Bertz CT molecular complexity index is 477. The second kappa shape index (κ2) is 3.56. The summed E-state index contributed by atoms with van der Waals surface area (Å²) >= 11 is 0. The van der Waals surface area contributed by atoms with Crippen molar-refractivity contribution in [2.45, 2.75) is 32.7 Å². The average Bonchev–Trinajstić information content (AvgIpc) is 3.03. The number of benzene rings is 1. The molecule has 1 aliphatic heterocycles. The molecule has 3 rings (SSSR count). The number of hydrogen-bond acceptors (Lipinski definition) is 1. The SMILES string of the molecule is CCC1(CN2Cc3ccc(F)cc3C2=N)CC1.